The van der Waals surface area contributed by atoms with Crippen molar-refractivity contribution in [2.75, 3.05) is 0 Å². The van der Waals surface area contributed by atoms with E-state index < -0.39 is 0 Å². The third kappa shape index (κ3) is 1.48. The Kier molecular flexibility index (Phi) is 2.00. The number of carbonyl (C=O) groups excluding carboxylic acids is 1. The second-order valence-corrected chi connectivity index (χ2v) is 3.17. The minimum Gasteiger partial charge on any atom is -0.464 e. The molecule has 0 saturated heterocycles. The van der Waals surface area contributed by atoms with Crippen molar-refractivity contribution in [1.29, 1.82) is 0 Å². The van der Waals surface area contributed by atoms with E-state index in [9.17, 15) is 4.79 Å². The predicted octanol–water partition coefficient (Wildman–Crippen LogP) is 2.67. The van der Waals surface area contributed by atoms with Crippen molar-refractivity contribution in [3.63, 3.8) is 0 Å². The fourth-order valence-corrected chi connectivity index (χ4v) is 1.36. The molecule has 14 heavy (non-hydrogen) atoms. The van der Waals surface area contributed by atoms with E-state index in [2.05, 4.69) is 0 Å². The Morgan fingerprint density at radius 3 is 2.93 bits per heavy atom. The van der Waals surface area contributed by atoms with Gasteiger partial charge in [-0.15, -0.1) is 0 Å². The number of ether oxygens (including phenoxy) is 1. The number of fused-ring (bicyclic) bond motifs is 1. The lowest BCUT2D eigenvalue weighted by Gasteiger charge is -2.00. The quantitative estimate of drug-likeness (QED) is 0.512. The molecule has 2 aromatic rings. The molecule has 72 valence electrons. The first-order valence-corrected chi connectivity index (χ1v) is 4.33. The first-order chi connectivity index (χ1) is 6.66. The summed E-state index contributed by atoms with van der Waals surface area (Å²) in [5.74, 6) is 0.236. The number of esters is 1. The number of aryl methyl sites for hydroxylation is 1. The zero-order valence-corrected chi connectivity index (χ0v) is 8.03. The van der Waals surface area contributed by atoms with Gasteiger partial charge >= 0.3 is 5.97 Å². The van der Waals surface area contributed by atoms with E-state index in [0.29, 0.717) is 5.75 Å². The van der Waals surface area contributed by atoms with Crippen LogP contribution >= 0.6 is 0 Å². The molecule has 3 nitrogen and oxygen atoms in total. The van der Waals surface area contributed by atoms with Crippen LogP contribution in [0.2, 0.25) is 0 Å². The van der Waals surface area contributed by atoms with Gasteiger partial charge in [0.1, 0.15) is 11.3 Å². The Hall–Kier alpha value is -1.77. The molecule has 0 amide bonds. The van der Waals surface area contributed by atoms with Crippen LogP contribution in [0.3, 0.4) is 0 Å². The summed E-state index contributed by atoms with van der Waals surface area (Å²) in [6, 6.07) is 5.31. The molecule has 0 radical (unpaired) electrons. The molecule has 0 N–H and O–H groups in total. The van der Waals surface area contributed by atoms with E-state index in [0.717, 1.165) is 16.5 Å². The van der Waals surface area contributed by atoms with Gasteiger partial charge in [0, 0.05) is 12.3 Å². The predicted molar refractivity (Wildman–Crippen MR) is 52.3 cm³/mol. The molecular weight excluding hydrogens is 180 g/mol. The third-order valence-corrected chi connectivity index (χ3v) is 2.00. The number of hydrogen-bond donors (Lipinski definition) is 0. The van der Waals surface area contributed by atoms with E-state index in [1.165, 1.54) is 6.92 Å². The van der Waals surface area contributed by atoms with Crippen LogP contribution in [0.25, 0.3) is 11.0 Å². The molecule has 0 aliphatic heterocycles. The summed E-state index contributed by atoms with van der Waals surface area (Å²) >= 11 is 0. The van der Waals surface area contributed by atoms with Crippen LogP contribution in [0, 0.1) is 6.92 Å². The molecule has 0 saturated carbocycles. The van der Waals surface area contributed by atoms with Gasteiger partial charge in [-0.1, -0.05) is 0 Å². The molecule has 0 bridgehead atoms. The highest BCUT2D eigenvalue weighted by atomic mass is 16.5. The summed E-state index contributed by atoms with van der Waals surface area (Å²) in [4.78, 5) is 10.7. The third-order valence-electron chi connectivity index (χ3n) is 2.00. The van der Waals surface area contributed by atoms with Crippen LogP contribution in [0.15, 0.2) is 28.9 Å². The monoisotopic (exact) mass is 190 g/mol. The highest BCUT2D eigenvalue weighted by Crippen LogP contribution is 2.25. The van der Waals surface area contributed by atoms with Crippen molar-refractivity contribution in [3.05, 3.63) is 30.0 Å². The second kappa shape index (κ2) is 3.18. The first-order valence-electron chi connectivity index (χ1n) is 4.33. The molecule has 2 rings (SSSR count). The Morgan fingerprint density at radius 2 is 2.21 bits per heavy atom. The molecule has 3 heteroatoms. The molecular formula is C11H10O3. The van der Waals surface area contributed by atoms with Crippen molar-refractivity contribution >= 4 is 16.9 Å². The minimum atomic E-state index is -0.314. The molecule has 0 unspecified atom stereocenters. The van der Waals surface area contributed by atoms with Gasteiger partial charge in [-0.25, -0.2) is 0 Å². The zero-order chi connectivity index (χ0) is 10.1. The van der Waals surface area contributed by atoms with E-state index in [1.807, 2.05) is 6.92 Å². The second-order valence-electron chi connectivity index (χ2n) is 3.17. The lowest BCUT2D eigenvalue weighted by molar-refractivity contribution is -0.131. The summed E-state index contributed by atoms with van der Waals surface area (Å²) in [6.07, 6.45) is 1.68. The van der Waals surface area contributed by atoms with Gasteiger partial charge in [-0.2, -0.15) is 0 Å². The highest BCUT2D eigenvalue weighted by molar-refractivity contribution is 5.83. The first kappa shape index (κ1) is 8.81. The average molecular weight is 190 g/mol. The Bertz CT molecular complexity index is 482. The van der Waals surface area contributed by atoms with Crippen molar-refractivity contribution in [1.82, 2.24) is 0 Å². The summed E-state index contributed by atoms with van der Waals surface area (Å²) in [7, 11) is 0. The van der Waals surface area contributed by atoms with Gasteiger partial charge in [0.15, 0.2) is 0 Å². The lowest BCUT2D eigenvalue weighted by Crippen LogP contribution is -2.00. The van der Waals surface area contributed by atoms with E-state index in [4.69, 9.17) is 9.15 Å². The summed E-state index contributed by atoms with van der Waals surface area (Å²) in [5.41, 5.74) is 1.84. The highest BCUT2D eigenvalue weighted by Gasteiger charge is 2.04. The largest absolute Gasteiger partial charge is 0.464 e. The van der Waals surface area contributed by atoms with Crippen LogP contribution in [0.1, 0.15) is 12.5 Å². The Labute approximate surface area is 81.3 Å². The van der Waals surface area contributed by atoms with Gasteiger partial charge in [-0.3, -0.25) is 4.79 Å². The summed E-state index contributed by atoms with van der Waals surface area (Å²) in [6.45, 7) is 3.33. The lowest BCUT2D eigenvalue weighted by atomic mass is 10.2. The summed E-state index contributed by atoms with van der Waals surface area (Å²) in [5, 5.41) is 0.976. The number of carbonyl (C=O) groups is 1. The molecule has 0 aliphatic rings. The van der Waals surface area contributed by atoms with E-state index >= 15 is 0 Å². The van der Waals surface area contributed by atoms with Gasteiger partial charge in [0.2, 0.25) is 0 Å². The molecule has 1 heterocycles. The number of hydrogen-bond acceptors (Lipinski definition) is 3. The van der Waals surface area contributed by atoms with Gasteiger partial charge < -0.3 is 9.15 Å². The maximum absolute atomic E-state index is 10.7. The van der Waals surface area contributed by atoms with Gasteiger partial charge in [0.25, 0.3) is 0 Å². The van der Waals surface area contributed by atoms with Crippen molar-refractivity contribution in [2.45, 2.75) is 13.8 Å². The molecule has 0 aliphatic carbocycles. The smallest absolute Gasteiger partial charge is 0.308 e. The molecule has 1 aromatic heterocycles. The fraction of sp³-hybridized carbons (Fsp3) is 0.182. The average Bonchev–Trinajstić information content (AvgIpc) is 2.47. The van der Waals surface area contributed by atoms with Crippen LogP contribution in [-0.4, -0.2) is 5.97 Å². The van der Waals surface area contributed by atoms with Gasteiger partial charge in [-0.05, 0) is 30.7 Å². The van der Waals surface area contributed by atoms with Crippen molar-refractivity contribution < 1.29 is 13.9 Å². The zero-order valence-electron chi connectivity index (χ0n) is 8.03. The topological polar surface area (TPSA) is 39.4 Å². The van der Waals surface area contributed by atoms with E-state index in [-0.39, 0.29) is 5.97 Å². The van der Waals surface area contributed by atoms with Crippen molar-refractivity contribution in [3.8, 4) is 5.75 Å². The molecule has 0 fully saturated rings. The Morgan fingerprint density at radius 1 is 1.43 bits per heavy atom. The maximum Gasteiger partial charge on any atom is 0.308 e. The normalized spacial score (nSPS) is 10.4. The number of benzene rings is 1. The number of rotatable bonds is 1. The van der Waals surface area contributed by atoms with Crippen LogP contribution in [0.4, 0.5) is 0 Å². The van der Waals surface area contributed by atoms with Crippen LogP contribution < -0.4 is 4.74 Å². The minimum absolute atomic E-state index is 0.314. The molecule has 0 spiro atoms. The van der Waals surface area contributed by atoms with E-state index in [1.54, 1.807) is 24.5 Å². The molecule has 0 atom stereocenters. The van der Waals surface area contributed by atoms with Crippen LogP contribution in [0.5, 0.6) is 5.75 Å². The number of furan rings is 1. The molecule has 1 aromatic carbocycles. The Balaban J connectivity index is 2.49. The maximum atomic E-state index is 10.7. The summed E-state index contributed by atoms with van der Waals surface area (Å²) < 4.78 is 10.2. The van der Waals surface area contributed by atoms with Gasteiger partial charge in [0.05, 0.1) is 6.26 Å². The standard InChI is InChI=1S/C11H10O3/c1-7-6-13-11-4-3-9(5-10(7)11)14-8(2)12/h3-6H,1-2H3. The van der Waals surface area contributed by atoms with Crippen LogP contribution in [-0.2, 0) is 4.79 Å². The van der Waals surface area contributed by atoms with Crippen molar-refractivity contribution in [2.24, 2.45) is 0 Å². The SMILES string of the molecule is CC(=O)Oc1ccc2occ(C)c2c1. The fourth-order valence-electron chi connectivity index (χ4n) is 1.36.